The van der Waals surface area contributed by atoms with Crippen molar-refractivity contribution in [3.63, 3.8) is 0 Å². The van der Waals surface area contributed by atoms with E-state index in [9.17, 15) is 13.2 Å². The van der Waals surface area contributed by atoms with Gasteiger partial charge in [-0.3, -0.25) is 4.79 Å². The first kappa shape index (κ1) is 11.8. The van der Waals surface area contributed by atoms with Crippen molar-refractivity contribution in [2.24, 2.45) is 11.1 Å². The number of ether oxygens (including phenoxy) is 1. The van der Waals surface area contributed by atoms with Gasteiger partial charge in [0.2, 0.25) is 15.9 Å². The summed E-state index contributed by atoms with van der Waals surface area (Å²) < 4.78 is 27.1. The van der Waals surface area contributed by atoms with E-state index in [-0.39, 0.29) is 24.9 Å². The Labute approximate surface area is 94.8 Å². The van der Waals surface area contributed by atoms with Gasteiger partial charge in [0.15, 0.2) is 0 Å². The predicted octanol–water partition coefficient (Wildman–Crippen LogP) is -1.09. The van der Waals surface area contributed by atoms with Crippen LogP contribution in [0.25, 0.3) is 0 Å². The topological polar surface area (TPSA) is 89.7 Å². The van der Waals surface area contributed by atoms with Gasteiger partial charge < -0.3 is 9.64 Å². The van der Waals surface area contributed by atoms with Crippen molar-refractivity contribution in [2.75, 3.05) is 26.3 Å². The molecule has 92 valence electrons. The second-order valence-electron chi connectivity index (χ2n) is 4.34. The van der Waals surface area contributed by atoms with E-state index in [1.165, 1.54) is 0 Å². The molecule has 2 N–H and O–H groups in total. The highest BCUT2D eigenvalue weighted by molar-refractivity contribution is 7.89. The predicted molar refractivity (Wildman–Crippen MR) is 57.0 cm³/mol. The van der Waals surface area contributed by atoms with Crippen molar-refractivity contribution in [2.45, 2.75) is 18.1 Å². The number of carbonyl (C=O) groups excluding carboxylic acids is 1. The molecule has 0 aromatic heterocycles. The highest BCUT2D eigenvalue weighted by Gasteiger charge is 2.40. The van der Waals surface area contributed by atoms with Gasteiger partial charge in [0.25, 0.3) is 0 Å². The number of likely N-dealkylation sites (tertiary alicyclic amines) is 1. The Bertz CT molecular complexity index is 369. The van der Waals surface area contributed by atoms with Crippen molar-refractivity contribution in [3.8, 4) is 0 Å². The largest absolute Gasteiger partial charge is 0.381 e. The number of primary sulfonamides is 1. The molecule has 0 aliphatic carbocycles. The normalized spacial score (nSPS) is 24.2. The zero-order chi connectivity index (χ0) is 11.8. The molecule has 0 unspecified atom stereocenters. The minimum Gasteiger partial charge on any atom is -0.381 e. The molecule has 2 rings (SSSR count). The summed E-state index contributed by atoms with van der Waals surface area (Å²) in [5, 5.41) is 4.42. The molecule has 0 aromatic rings. The maximum atomic E-state index is 11.9. The van der Waals surface area contributed by atoms with Crippen LogP contribution in [0.3, 0.4) is 0 Å². The Balaban J connectivity index is 1.85. The van der Waals surface area contributed by atoms with Crippen molar-refractivity contribution in [3.05, 3.63) is 0 Å². The molecular weight excluding hydrogens is 232 g/mol. The maximum absolute atomic E-state index is 11.9. The van der Waals surface area contributed by atoms with Crippen molar-refractivity contribution in [1.82, 2.24) is 4.90 Å². The SMILES string of the molecule is NS(=O)(=O)C1CN(C(=O)C2CCOCC2)C1. The van der Waals surface area contributed by atoms with E-state index in [1.54, 1.807) is 4.90 Å². The average molecular weight is 248 g/mol. The zero-order valence-electron chi connectivity index (χ0n) is 8.96. The molecule has 2 fully saturated rings. The van der Waals surface area contributed by atoms with Crippen LogP contribution in [-0.2, 0) is 19.6 Å². The van der Waals surface area contributed by atoms with Gasteiger partial charge in [-0.2, -0.15) is 0 Å². The lowest BCUT2D eigenvalue weighted by Crippen LogP contribution is -2.60. The number of rotatable bonds is 2. The summed E-state index contributed by atoms with van der Waals surface area (Å²) in [5.41, 5.74) is 0. The van der Waals surface area contributed by atoms with Crippen LogP contribution in [0.1, 0.15) is 12.8 Å². The molecule has 0 spiro atoms. The lowest BCUT2D eigenvalue weighted by atomic mass is 9.97. The van der Waals surface area contributed by atoms with E-state index in [2.05, 4.69) is 0 Å². The minimum atomic E-state index is -3.48. The van der Waals surface area contributed by atoms with E-state index < -0.39 is 15.3 Å². The number of nitrogens with zero attached hydrogens (tertiary/aromatic N) is 1. The summed E-state index contributed by atoms with van der Waals surface area (Å²) in [6.07, 6.45) is 1.46. The molecule has 0 aromatic carbocycles. The average Bonchev–Trinajstić information content (AvgIpc) is 2.14. The molecule has 0 saturated carbocycles. The molecule has 1 amide bonds. The third kappa shape index (κ3) is 2.36. The summed E-state index contributed by atoms with van der Waals surface area (Å²) >= 11 is 0. The summed E-state index contributed by atoms with van der Waals surface area (Å²) in [6, 6.07) is 0. The number of hydrogen-bond acceptors (Lipinski definition) is 4. The van der Waals surface area contributed by atoms with E-state index in [4.69, 9.17) is 9.88 Å². The molecule has 6 nitrogen and oxygen atoms in total. The lowest BCUT2D eigenvalue weighted by Gasteiger charge is -2.40. The quantitative estimate of drug-likeness (QED) is 0.672. The number of sulfonamides is 1. The first-order valence-electron chi connectivity index (χ1n) is 5.36. The Kier molecular flexibility index (Phi) is 3.18. The van der Waals surface area contributed by atoms with Crippen LogP contribution in [-0.4, -0.2) is 50.8 Å². The molecule has 0 atom stereocenters. The number of amides is 1. The third-order valence-electron chi connectivity index (χ3n) is 3.19. The first-order valence-corrected chi connectivity index (χ1v) is 6.97. The van der Waals surface area contributed by atoms with E-state index in [0.717, 1.165) is 12.8 Å². The van der Waals surface area contributed by atoms with Crippen LogP contribution in [0.15, 0.2) is 0 Å². The second kappa shape index (κ2) is 4.31. The Morgan fingerprint density at radius 3 is 2.31 bits per heavy atom. The number of carbonyl (C=O) groups is 1. The van der Waals surface area contributed by atoms with E-state index in [0.29, 0.717) is 13.2 Å². The highest BCUT2D eigenvalue weighted by Crippen LogP contribution is 2.22. The highest BCUT2D eigenvalue weighted by atomic mass is 32.2. The van der Waals surface area contributed by atoms with Crippen molar-refractivity contribution in [1.29, 1.82) is 0 Å². The van der Waals surface area contributed by atoms with E-state index >= 15 is 0 Å². The Morgan fingerprint density at radius 1 is 1.25 bits per heavy atom. The molecule has 2 aliphatic rings. The fourth-order valence-electron chi connectivity index (χ4n) is 2.03. The van der Waals surface area contributed by atoms with Crippen LogP contribution in [0, 0.1) is 5.92 Å². The summed E-state index contributed by atoms with van der Waals surface area (Å²) in [4.78, 5) is 13.5. The minimum absolute atomic E-state index is 0.00446. The molecule has 7 heteroatoms. The van der Waals surface area contributed by atoms with Gasteiger partial charge in [0, 0.05) is 32.2 Å². The molecule has 0 radical (unpaired) electrons. The molecule has 16 heavy (non-hydrogen) atoms. The fourth-order valence-corrected chi connectivity index (χ4v) is 2.80. The second-order valence-corrected chi connectivity index (χ2v) is 6.19. The fraction of sp³-hybridized carbons (Fsp3) is 0.889. The maximum Gasteiger partial charge on any atom is 0.225 e. The van der Waals surface area contributed by atoms with Gasteiger partial charge in [-0.25, -0.2) is 13.6 Å². The molecule has 2 heterocycles. The number of nitrogens with two attached hydrogens (primary N) is 1. The number of hydrogen-bond donors (Lipinski definition) is 1. The molecule has 0 bridgehead atoms. The summed E-state index contributed by atoms with van der Waals surface area (Å²) in [5.74, 6) is 0.0402. The first-order chi connectivity index (χ1) is 7.48. The molecule has 2 aliphatic heterocycles. The van der Waals surface area contributed by atoms with Crippen LogP contribution in [0.2, 0.25) is 0 Å². The Hall–Kier alpha value is -0.660. The molecular formula is C9H16N2O4S. The zero-order valence-corrected chi connectivity index (χ0v) is 9.78. The summed E-state index contributed by atoms with van der Waals surface area (Å²) in [7, 11) is -3.48. The van der Waals surface area contributed by atoms with Crippen LogP contribution < -0.4 is 5.14 Å². The Morgan fingerprint density at radius 2 is 1.81 bits per heavy atom. The van der Waals surface area contributed by atoms with Gasteiger partial charge in [-0.1, -0.05) is 0 Å². The van der Waals surface area contributed by atoms with Crippen LogP contribution in [0.5, 0.6) is 0 Å². The van der Waals surface area contributed by atoms with Crippen LogP contribution in [0.4, 0.5) is 0 Å². The van der Waals surface area contributed by atoms with Crippen molar-refractivity contribution < 1.29 is 17.9 Å². The van der Waals surface area contributed by atoms with Gasteiger partial charge in [0.05, 0.1) is 0 Å². The lowest BCUT2D eigenvalue weighted by molar-refractivity contribution is -0.141. The van der Waals surface area contributed by atoms with E-state index in [1.807, 2.05) is 0 Å². The molecule has 2 saturated heterocycles. The van der Waals surface area contributed by atoms with Gasteiger partial charge >= 0.3 is 0 Å². The van der Waals surface area contributed by atoms with Crippen molar-refractivity contribution >= 4 is 15.9 Å². The standard InChI is InChI=1S/C9H16N2O4S/c10-16(13,14)8-5-11(6-8)9(12)7-1-3-15-4-2-7/h7-8H,1-6H2,(H2,10,13,14). The monoisotopic (exact) mass is 248 g/mol. The third-order valence-corrected chi connectivity index (χ3v) is 4.42. The van der Waals surface area contributed by atoms with Gasteiger partial charge in [0.1, 0.15) is 5.25 Å². The van der Waals surface area contributed by atoms with Crippen LogP contribution >= 0.6 is 0 Å². The smallest absolute Gasteiger partial charge is 0.225 e. The van der Waals surface area contributed by atoms with Gasteiger partial charge in [-0.15, -0.1) is 0 Å². The summed E-state index contributed by atoms with van der Waals surface area (Å²) in [6.45, 7) is 1.72. The van der Waals surface area contributed by atoms with Gasteiger partial charge in [-0.05, 0) is 12.8 Å².